The summed E-state index contributed by atoms with van der Waals surface area (Å²) in [6.07, 6.45) is 2.40. The zero-order valence-corrected chi connectivity index (χ0v) is 19.1. The predicted octanol–water partition coefficient (Wildman–Crippen LogP) is 1.82. The third-order valence-electron chi connectivity index (χ3n) is 6.42. The number of esters is 1. The Hall–Kier alpha value is -2.54. The summed E-state index contributed by atoms with van der Waals surface area (Å²) in [6, 6.07) is 9.56. The summed E-state index contributed by atoms with van der Waals surface area (Å²) >= 11 is 0. The average Bonchev–Trinajstić information content (AvgIpc) is 3.11. The Kier molecular flexibility index (Phi) is 5.00. The quantitative estimate of drug-likeness (QED) is 0.387. The van der Waals surface area contributed by atoms with Crippen LogP contribution in [0.15, 0.2) is 40.1 Å². The topological polar surface area (TPSA) is 96.2 Å². The Morgan fingerprint density at radius 3 is 2.81 bits per heavy atom. The summed E-state index contributed by atoms with van der Waals surface area (Å²) in [6.45, 7) is 4.81. The highest BCUT2D eigenvalue weighted by molar-refractivity contribution is 7.57. The van der Waals surface area contributed by atoms with Crippen LogP contribution in [0, 0.1) is 5.92 Å². The SMILES string of the molecule is CC[C@@]1(OCOP(C)(C)=O)C(=O)OCc2c1cc1n(c2=O)CC2C=c3ccccc3=NC12. The summed E-state index contributed by atoms with van der Waals surface area (Å²) in [7, 11) is -2.81. The standard InChI is InChI=1S/C23H25N2O6P/c1-4-23(30-13-31-32(2,3)28)17-10-19-20-15(9-14-7-5-6-8-18(14)24-20)11-25(19)21(26)16(17)12-29-22(23)27/h5-10,15,20H,4,11-13H2,1-3H3/t15?,20?,23-/m0/s1. The number of nitrogens with zero attached hydrogens (tertiary/aromatic N) is 2. The minimum atomic E-state index is -2.81. The Morgan fingerprint density at radius 1 is 1.28 bits per heavy atom. The van der Waals surface area contributed by atoms with Crippen LogP contribution in [-0.2, 0) is 42.1 Å². The van der Waals surface area contributed by atoms with Crippen LogP contribution in [0.3, 0.4) is 0 Å². The number of cyclic esters (lactones) is 1. The van der Waals surface area contributed by atoms with Crippen molar-refractivity contribution in [2.75, 3.05) is 20.1 Å². The van der Waals surface area contributed by atoms with Gasteiger partial charge in [0, 0.05) is 37.0 Å². The molecule has 4 heterocycles. The van der Waals surface area contributed by atoms with E-state index in [0.29, 0.717) is 17.7 Å². The van der Waals surface area contributed by atoms with Crippen LogP contribution in [0.4, 0.5) is 0 Å². The lowest BCUT2D eigenvalue weighted by atomic mass is 9.85. The normalized spacial score (nSPS) is 25.5. The van der Waals surface area contributed by atoms with Crippen LogP contribution >= 0.6 is 7.37 Å². The zero-order valence-electron chi connectivity index (χ0n) is 18.2. The molecule has 0 saturated heterocycles. The van der Waals surface area contributed by atoms with Crippen molar-refractivity contribution in [3.63, 3.8) is 0 Å². The maximum Gasteiger partial charge on any atom is 0.343 e. The van der Waals surface area contributed by atoms with Gasteiger partial charge in [-0.25, -0.2) is 4.79 Å². The molecule has 3 aliphatic rings. The molecule has 3 aliphatic heterocycles. The van der Waals surface area contributed by atoms with E-state index in [1.165, 1.54) is 13.3 Å². The van der Waals surface area contributed by atoms with Crippen molar-refractivity contribution >= 4 is 19.4 Å². The van der Waals surface area contributed by atoms with E-state index in [2.05, 4.69) is 6.08 Å². The number of pyridine rings is 1. The number of para-hydroxylation sites is 1. The average molecular weight is 456 g/mol. The predicted molar refractivity (Wildman–Crippen MR) is 117 cm³/mol. The number of carbonyl (C=O) groups excluding carboxylic acids is 1. The molecule has 168 valence electrons. The molecular formula is C23H25N2O6P. The van der Waals surface area contributed by atoms with E-state index in [-0.39, 0.29) is 37.3 Å². The van der Waals surface area contributed by atoms with Gasteiger partial charge in [0.25, 0.3) is 5.56 Å². The Bertz CT molecular complexity index is 1340. The lowest BCUT2D eigenvalue weighted by Gasteiger charge is -2.36. The molecule has 8 nitrogen and oxygen atoms in total. The molecule has 32 heavy (non-hydrogen) atoms. The third-order valence-corrected chi connectivity index (χ3v) is 7.15. The minimum absolute atomic E-state index is 0.0596. The van der Waals surface area contributed by atoms with Gasteiger partial charge >= 0.3 is 5.97 Å². The van der Waals surface area contributed by atoms with Gasteiger partial charge in [0.2, 0.25) is 0 Å². The highest BCUT2D eigenvalue weighted by Crippen LogP contribution is 2.43. The van der Waals surface area contributed by atoms with Crippen molar-refractivity contribution in [3.05, 3.63) is 68.1 Å². The monoisotopic (exact) mass is 456 g/mol. The van der Waals surface area contributed by atoms with Crippen LogP contribution in [0.2, 0.25) is 0 Å². The molecule has 2 aromatic rings. The van der Waals surface area contributed by atoms with E-state index >= 15 is 0 Å². The van der Waals surface area contributed by atoms with Crippen LogP contribution in [0.25, 0.3) is 6.08 Å². The molecule has 0 bridgehead atoms. The lowest BCUT2D eigenvalue weighted by Crippen LogP contribution is -2.46. The van der Waals surface area contributed by atoms with Gasteiger partial charge in [-0.05, 0) is 23.8 Å². The second kappa shape index (κ2) is 7.51. The smallest absolute Gasteiger partial charge is 0.343 e. The minimum Gasteiger partial charge on any atom is -0.458 e. The van der Waals surface area contributed by atoms with Gasteiger partial charge in [-0.1, -0.05) is 31.2 Å². The van der Waals surface area contributed by atoms with Crippen LogP contribution in [-0.4, -0.2) is 30.7 Å². The van der Waals surface area contributed by atoms with Crippen molar-refractivity contribution in [2.24, 2.45) is 10.9 Å². The summed E-state index contributed by atoms with van der Waals surface area (Å²) < 4.78 is 30.2. The van der Waals surface area contributed by atoms with Crippen molar-refractivity contribution in [3.8, 4) is 0 Å². The Morgan fingerprint density at radius 2 is 2.06 bits per heavy atom. The van der Waals surface area contributed by atoms with E-state index in [9.17, 15) is 14.2 Å². The summed E-state index contributed by atoms with van der Waals surface area (Å²) in [5.74, 6) is -0.515. The van der Waals surface area contributed by atoms with Gasteiger partial charge in [0.15, 0.2) is 19.8 Å². The van der Waals surface area contributed by atoms with Gasteiger partial charge in [0.1, 0.15) is 6.61 Å². The maximum atomic E-state index is 13.4. The van der Waals surface area contributed by atoms with E-state index in [1.807, 2.05) is 30.3 Å². The molecule has 0 fully saturated rings. The molecule has 0 spiro atoms. The molecule has 9 heteroatoms. The van der Waals surface area contributed by atoms with E-state index in [4.69, 9.17) is 19.0 Å². The summed E-state index contributed by atoms with van der Waals surface area (Å²) in [5.41, 5.74) is -0.0223. The molecule has 0 amide bonds. The van der Waals surface area contributed by atoms with Crippen LogP contribution < -0.4 is 16.1 Å². The zero-order chi connectivity index (χ0) is 22.7. The fourth-order valence-corrected chi connectivity index (χ4v) is 5.10. The van der Waals surface area contributed by atoms with Crippen LogP contribution in [0.5, 0.6) is 0 Å². The Balaban J connectivity index is 1.63. The first-order valence-corrected chi connectivity index (χ1v) is 13.2. The molecule has 2 unspecified atom stereocenters. The number of benzene rings is 1. The van der Waals surface area contributed by atoms with Gasteiger partial charge in [-0.15, -0.1) is 0 Å². The molecule has 5 rings (SSSR count). The van der Waals surface area contributed by atoms with Crippen molar-refractivity contribution in [2.45, 2.75) is 38.1 Å². The van der Waals surface area contributed by atoms with Gasteiger partial charge in [0.05, 0.1) is 17.0 Å². The number of hydrogen-bond acceptors (Lipinski definition) is 7. The Labute approximate surface area is 185 Å². The van der Waals surface area contributed by atoms with Crippen molar-refractivity contribution in [1.82, 2.24) is 4.57 Å². The highest BCUT2D eigenvalue weighted by Gasteiger charge is 2.49. The first kappa shape index (κ1) is 21.3. The number of aromatic nitrogens is 1. The van der Waals surface area contributed by atoms with E-state index in [1.54, 1.807) is 11.5 Å². The first-order chi connectivity index (χ1) is 15.2. The molecule has 0 N–H and O–H groups in total. The van der Waals surface area contributed by atoms with Gasteiger partial charge in [-0.2, -0.15) is 0 Å². The van der Waals surface area contributed by atoms with E-state index in [0.717, 1.165) is 16.3 Å². The van der Waals surface area contributed by atoms with Gasteiger partial charge in [-0.3, -0.25) is 14.4 Å². The summed E-state index contributed by atoms with van der Waals surface area (Å²) in [4.78, 5) is 31.3. The number of hydrogen-bond donors (Lipinski definition) is 0. The maximum absolute atomic E-state index is 13.4. The summed E-state index contributed by atoms with van der Waals surface area (Å²) in [5, 5.41) is 1.95. The number of ether oxygens (including phenoxy) is 2. The number of carbonyl (C=O) groups is 1. The molecule has 0 aliphatic carbocycles. The molecule has 3 atom stereocenters. The third kappa shape index (κ3) is 3.29. The number of rotatable bonds is 5. The second-order valence-corrected chi connectivity index (χ2v) is 11.5. The molecule has 1 aromatic heterocycles. The van der Waals surface area contributed by atoms with Crippen molar-refractivity contribution in [1.29, 1.82) is 0 Å². The lowest BCUT2D eigenvalue weighted by molar-refractivity contribution is -0.191. The molecular weight excluding hydrogens is 431 g/mol. The molecule has 1 aromatic carbocycles. The van der Waals surface area contributed by atoms with E-state index < -0.39 is 18.9 Å². The number of fused-ring (bicyclic) bond motifs is 5. The van der Waals surface area contributed by atoms with Crippen molar-refractivity contribution < 1.29 is 23.4 Å². The molecule has 0 radical (unpaired) electrons. The fourth-order valence-electron chi connectivity index (χ4n) is 4.80. The highest BCUT2D eigenvalue weighted by atomic mass is 31.2. The van der Waals surface area contributed by atoms with Gasteiger partial charge < -0.3 is 18.6 Å². The molecule has 0 saturated carbocycles. The van der Waals surface area contributed by atoms with Crippen LogP contribution in [0.1, 0.15) is 36.2 Å². The largest absolute Gasteiger partial charge is 0.458 e. The second-order valence-electron chi connectivity index (χ2n) is 8.74. The fraction of sp³-hybridized carbons (Fsp3) is 0.435. The first-order valence-electron chi connectivity index (χ1n) is 10.7.